The molecule has 1 heteroatoms. The largest absolute Gasteiger partial charge is 0.0928 e. The van der Waals surface area contributed by atoms with Crippen LogP contribution in [0.1, 0.15) is 49.3 Å². The summed E-state index contributed by atoms with van der Waals surface area (Å²) in [6, 6.07) is 6.89. The van der Waals surface area contributed by atoms with Crippen molar-refractivity contribution in [3.63, 3.8) is 0 Å². The van der Waals surface area contributed by atoms with E-state index in [4.69, 9.17) is 0 Å². The van der Waals surface area contributed by atoms with Gasteiger partial charge in [-0.05, 0) is 43.4 Å². The molecule has 1 unspecified atom stereocenters. The summed E-state index contributed by atoms with van der Waals surface area (Å²) in [5.41, 5.74) is 7.56. The van der Waals surface area contributed by atoms with Crippen molar-refractivity contribution in [3.05, 3.63) is 40.5 Å². The standard InChI is InChI=1S/C15H19Br/c1-10-6-7-14-12(3)11(2)13(5-4-8-16)15(14)9-10/h6-7,9,12H,4-5,8H2,1-3H3. The first-order valence-corrected chi connectivity index (χ1v) is 7.14. The zero-order chi connectivity index (χ0) is 11.7. The molecule has 0 heterocycles. The summed E-state index contributed by atoms with van der Waals surface area (Å²) in [5.74, 6) is 0.612. The average Bonchev–Trinajstić information content (AvgIpc) is 2.50. The van der Waals surface area contributed by atoms with Gasteiger partial charge >= 0.3 is 0 Å². The molecule has 1 aliphatic carbocycles. The van der Waals surface area contributed by atoms with Gasteiger partial charge in [-0.15, -0.1) is 0 Å². The highest BCUT2D eigenvalue weighted by Crippen LogP contribution is 2.43. The minimum absolute atomic E-state index is 0.612. The summed E-state index contributed by atoms with van der Waals surface area (Å²) in [4.78, 5) is 0. The summed E-state index contributed by atoms with van der Waals surface area (Å²) >= 11 is 3.52. The number of benzene rings is 1. The number of rotatable bonds is 3. The lowest BCUT2D eigenvalue weighted by Gasteiger charge is -2.07. The minimum Gasteiger partial charge on any atom is -0.0928 e. The quantitative estimate of drug-likeness (QED) is 0.678. The van der Waals surface area contributed by atoms with Crippen LogP contribution in [0.4, 0.5) is 0 Å². The van der Waals surface area contributed by atoms with E-state index in [9.17, 15) is 0 Å². The Labute approximate surface area is 107 Å². The topological polar surface area (TPSA) is 0 Å². The van der Waals surface area contributed by atoms with Crippen molar-refractivity contribution in [2.24, 2.45) is 0 Å². The summed E-state index contributed by atoms with van der Waals surface area (Å²) < 4.78 is 0. The van der Waals surface area contributed by atoms with Crippen molar-refractivity contribution in [2.45, 2.75) is 39.5 Å². The van der Waals surface area contributed by atoms with Crippen molar-refractivity contribution in [1.29, 1.82) is 0 Å². The molecule has 0 spiro atoms. The van der Waals surface area contributed by atoms with E-state index < -0.39 is 0 Å². The van der Waals surface area contributed by atoms with Gasteiger partial charge in [0.2, 0.25) is 0 Å². The van der Waals surface area contributed by atoms with Gasteiger partial charge in [-0.1, -0.05) is 52.2 Å². The first-order valence-electron chi connectivity index (χ1n) is 6.01. The summed E-state index contributed by atoms with van der Waals surface area (Å²) in [6.07, 6.45) is 2.44. The van der Waals surface area contributed by atoms with E-state index in [1.54, 1.807) is 11.1 Å². The number of hydrogen-bond acceptors (Lipinski definition) is 0. The Hall–Kier alpha value is -0.560. The average molecular weight is 279 g/mol. The lowest BCUT2D eigenvalue weighted by Crippen LogP contribution is -1.90. The molecule has 0 fully saturated rings. The molecule has 1 aromatic rings. The van der Waals surface area contributed by atoms with Gasteiger partial charge in [0, 0.05) is 11.2 Å². The van der Waals surface area contributed by atoms with Crippen LogP contribution in [-0.4, -0.2) is 5.33 Å². The van der Waals surface area contributed by atoms with E-state index in [0.29, 0.717) is 5.92 Å². The zero-order valence-electron chi connectivity index (χ0n) is 10.3. The van der Waals surface area contributed by atoms with Gasteiger partial charge in [-0.2, -0.15) is 0 Å². The predicted molar refractivity (Wildman–Crippen MR) is 75.2 cm³/mol. The molecule has 86 valence electrons. The monoisotopic (exact) mass is 278 g/mol. The van der Waals surface area contributed by atoms with Gasteiger partial charge in [-0.25, -0.2) is 0 Å². The maximum absolute atomic E-state index is 3.52. The Bertz CT molecular complexity index is 429. The van der Waals surface area contributed by atoms with Gasteiger partial charge in [0.15, 0.2) is 0 Å². The smallest absolute Gasteiger partial charge is 0.00344 e. The highest BCUT2D eigenvalue weighted by molar-refractivity contribution is 9.09. The van der Waals surface area contributed by atoms with Gasteiger partial charge in [0.25, 0.3) is 0 Å². The van der Waals surface area contributed by atoms with Crippen LogP contribution in [-0.2, 0) is 0 Å². The number of fused-ring (bicyclic) bond motifs is 1. The van der Waals surface area contributed by atoms with E-state index in [1.165, 1.54) is 29.5 Å². The van der Waals surface area contributed by atoms with Gasteiger partial charge in [-0.3, -0.25) is 0 Å². The molecule has 0 bridgehead atoms. The molecular weight excluding hydrogens is 260 g/mol. The van der Waals surface area contributed by atoms with Crippen LogP contribution in [0.15, 0.2) is 23.8 Å². The number of hydrogen-bond donors (Lipinski definition) is 0. The number of alkyl halides is 1. The predicted octanol–water partition coefficient (Wildman–Crippen LogP) is 5.06. The van der Waals surface area contributed by atoms with Crippen LogP contribution in [0.5, 0.6) is 0 Å². The van der Waals surface area contributed by atoms with Gasteiger partial charge in [0.05, 0.1) is 0 Å². The Morgan fingerprint density at radius 2 is 2.00 bits per heavy atom. The SMILES string of the molecule is CC1=C(CCCBr)c2cc(C)ccc2C1C. The van der Waals surface area contributed by atoms with Crippen LogP contribution < -0.4 is 0 Å². The second-order valence-electron chi connectivity index (χ2n) is 4.77. The van der Waals surface area contributed by atoms with E-state index in [1.807, 2.05) is 0 Å². The van der Waals surface area contributed by atoms with E-state index in [2.05, 4.69) is 54.9 Å². The van der Waals surface area contributed by atoms with E-state index >= 15 is 0 Å². The molecular formula is C15H19Br. The highest BCUT2D eigenvalue weighted by Gasteiger charge is 2.24. The Morgan fingerprint density at radius 3 is 2.69 bits per heavy atom. The normalized spacial score (nSPS) is 19.1. The third kappa shape index (κ3) is 1.98. The molecule has 0 saturated heterocycles. The molecule has 0 N–H and O–H groups in total. The number of aryl methyl sites for hydroxylation is 1. The molecule has 1 aliphatic rings. The second-order valence-corrected chi connectivity index (χ2v) is 5.56. The zero-order valence-corrected chi connectivity index (χ0v) is 11.9. The van der Waals surface area contributed by atoms with E-state index in [0.717, 1.165) is 5.33 Å². The van der Waals surface area contributed by atoms with Crippen molar-refractivity contribution >= 4 is 21.5 Å². The maximum atomic E-state index is 3.52. The fourth-order valence-electron chi connectivity index (χ4n) is 2.59. The van der Waals surface area contributed by atoms with Crippen LogP contribution in [0, 0.1) is 6.92 Å². The first kappa shape index (κ1) is 11.9. The summed E-state index contributed by atoms with van der Waals surface area (Å²) in [7, 11) is 0. The molecule has 0 nitrogen and oxygen atoms in total. The maximum Gasteiger partial charge on any atom is 0.00344 e. The molecule has 0 radical (unpaired) electrons. The van der Waals surface area contributed by atoms with Gasteiger partial charge in [0.1, 0.15) is 0 Å². The van der Waals surface area contributed by atoms with Crippen LogP contribution in [0.25, 0.3) is 5.57 Å². The number of allylic oxidation sites excluding steroid dienone is 2. The third-order valence-electron chi connectivity index (χ3n) is 3.69. The lowest BCUT2D eigenvalue weighted by molar-refractivity contribution is 0.912. The van der Waals surface area contributed by atoms with E-state index in [-0.39, 0.29) is 0 Å². The Kier molecular flexibility index (Phi) is 3.53. The lowest BCUT2D eigenvalue weighted by atomic mass is 9.98. The molecule has 1 atom stereocenters. The Morgan fingerprint density at radius 1 is 1.25 bits per heavy atom. The van der Waals surface area contributed by atoms with Crippen molar-refractivity contribution < 1.29 is 0 Å². The molecule has 0 saturated carbocycles. The minimum atomic E-state index is 0.612. The summed E-state index contributed by atoms with van der Waals surface area (Å²) in [5, 5.41) is 1.10. The molecule has 16 heavy (non-hydrogen) atoms. The molecule has 0 amide bonds. The fourth-order valence-corrected chi connectivity index (χ4v) is 2.87. The molecule has 0 aromatic heterocycles. The van der Waals surface area contributed by atoms with Crippen LogP contribution in [0.3, 0.4) is 0 Å². The van der Waals surface area contributed by atoms with Crippen molar-refractivity contribution in [2.75, 3.05) is 5.33 Å². The molecule has 2 rings (SSSR count). The van der Waals surface area contributed by atoms with Gasteiger partial charge < -0.3 is 0 Å². The summed E-state index contributed by atoms with van der Waals surface area (Å²) in [6.45, 7) is 6.80. The van der Waals surface area contributed by atoms with Crippen LogP contribution >= 0.6 is 15.9 Å². The Balaban J connectivity index is 2.41. The third-order valence-corrected chi connectivity index (χ3v) is 4.25. The van der Waals surface area contributed by atoms with Crippen molar-refractivity contribution in [3.8, 4) is 0 Å². The first-order chi connectivity index (χ1) is 7.65. The molecule has 1 aromatic carbocycles. The second kappa shape index (κ2) is 4.75. The highest BCUT2D eigenvalue weighted by atomic mass is 79.9. The number of halogens is 1. The van der Waals surface area contributed by atoms with Crippen LogP contribution in [0.2, 0.25) is 0 Å². The molecule has 0 aliphatic heterocycles. The fraction of sp³-hybridized carbons (Fsp3) is 0.467. The van der Waals surface area contributed by atoms with Crippen molar-refractivity contribution in [1.82, 2.24) is 0 Å².